The summed E-state index contributed by atoms with van der Waals surface area (Å²) in [5.41, 5.74) is 0.190. The third kappa shape index (κ3) is 1.72. The second-order valence-electron chi connectivity index (χ2n) is 2.61. The van der Waals surface area contributed by atoms with E-state index >= 15 is 0 Å². The number of hydrogen-bond acceptors (Lipinski definition) is 3. The van der Waals surface area contributed by atoms with Crippen LogP contribution in [0.5, 0.6) is 0 Å². The number of nitro groups is 1. The molecule has 1 aliphatic rings. The molecule has 1 aliphatic carbocycles. The number of nitrogens with zero attached hydrogens (tertiary/aromatic N) is 1. The van der Waals surface area contributed by atoms with Gasteiger partial charge in [-0.15, -0.1) is 0 Å². The van der Waals surface area contributed by atoms with Gasteiger partial charge in [0.05, 0.1) is 20.6 Å². The lowest BCUT2D eigenvalue weighted by Gasteiger charge is -1.97. The van der Waals surface area contributed by atoms with Gasteiger partial charge in [-0.2, -0.15) is 0 Å². The second-order valence-corrected chi connectivity index (χ2v) is 4.38. The molecule has 68 valence electrons. The number of rotatable bonds is 3. The van der Waals surface area contributed by atoms with Gasteiger partial charge in [-0.3, -0.25) is 14.3 Å². The Morgan fingerprint density at radius 2 is 2.25 bits per heavy atom. The van der Waals surface area contributed by atoms with Crippen molar-refractivity contribution in [2.24, 2.45) is 0 Å². The SMILES string of the molecule is CC[S@](=O)C1=C([N+](=O)[O-])CCC1. The van der Waals surface area contributed by atoms with Crippen LogP contribution in [-0.4, -0.2) is 14.9 Å². The Bertz CT molecular complexity index is 259. The van der Waals surface area contributed by atoms with Gasteiger partial charge in [0.1, 0.15) is 0 Å². The zero-order valence-electron chi connectivity index (χ0n) is 6.91. The van der Waals surface area contributed by atoms with E-state index in [0.29, 0.717) is 23.5 Å². The highest BCUT2D eigenvalue weighted by atomic mass is 32.2. The van der Waals surface area contributed by atoms with Gasteiger partial charge < -0.3 is 0 Å². The fourth-order valence-corrected chi connectivity index (χ4v) is 2.47. The third-order valence-electron chi connectivity index (χ3n) is 1.90. The van der Waals surface area contributed by atoms with E-state index < -0.39 is 15.7 Å². The van der Waals surface area contributed by atoms with Gasteiger partial charge in [-0.1, -0.05) is 6.92 Å². The minimum atomic E-state index is -1.12. The molecule has 4 nitrogen and oxygen atoms in total. The van der Waals surface area contributed by atoms with Crippen LogP contribution >= 0.6 is 0 Å². The molecule has 0 amide bonds. The average Bonchev–Trinajstić information content (AvgIpc) is 2.50. The normalized spacial score (nSPS) is 19.8. The molecule has 0 radical (unpaired) electrons. The summed E-state index contributed by atoms with van der Waals surface area (Å²) >= 11 is 0. The first-order valence-corrected chi connectivity index (χ1v) is 5.23. The van der Waals surface area contributed by atoms with Crippen molar-refractivity contribution in [3.63, 3.8) is 0 Å². The maximum absolute atomic E-state index is 11.3. The van der Waals surface area contributed by atoms with Gasteiger partial charge in [0, 0.05) is 12.2 Å². The van der Waals surface area contributed by atoms with Crippen LogP contribution in [0.2, 0.25) is 0 Å². The van der Waals surface area contributed by atoms with Crippen molar-refractivity contribution in [2.45, 2.75) is 26.2 Å². The molecule has 0 aromatic rings. The molecule has 0 aromatic heterocycles. The third-order valence-corrected chi connectivity index (χ3v) is 3.41. The van der Waals surface area contributed by atoms with Gasteiger partial charge in [-0.25, -0.2) is 0 Å². The van der Waals surface area contributed by atoms with Crippen molar-refractivity contribution in [3.05, 3.63) is 20.7 Å². The molecule has 0 N–H and O–H groups in total. The number of hydrogen-bond donors (Lipinski definition) is 0. The fourth-order valence-electron chi connectivity index (χ4n) is 1.31. The van der Waals surface area contributed by atoms with Gasteiger partial charge in [0.2, 0.25) is 0 Å². The van der Waals surface area contributed by atoms with Crippen LogP contribution in [0.1, 0.15) is 26.2 Å². The van der Waals surface area contributed by atoms with Crippen molar-refractivity contribution in [2.75, 3.05) is 5.75 Å². The van der Waals surface area contributed by atoms with Crippen molar-refractivity contribution in [1.82, 2.24) is 0 Å². The first-order valence-electron chi connectivity index (χ1n) is 3.91. The zero-order valence-corrected chi connectivity index (χ0v) is 7.73. The van der Waals surface area contributed by atoms with E-state index in [4.69, 9.17) is 0 Å². The predicted molar refractivity (Wildman–Crippen MR) is 46.6 cm³/mol. The van der Waals surface area contributed by atoms with Crippen molar-refractivity contribution in [3.8, 4) is 0 Å². The Balaban J connectivity index is 2.91. The van der Waals surface area contributed by atoms with Crippen LogP contribution < -0.4 is 0 Å². The summed E-state index contributed by atoms with van der Waals surface area (Å²) in [6.07, 6.45) is 1.89. The maximum Gasteiger partial charge on any atom is 0.258 e. The molecule has 0 bridgehead atoms. The molecule has 0 heterocycles. The number of allylic oxidation sites excluding steroid dienone is 2. The van der Waals surface area contributed by atoms with Gasteiger partial charge in [-0.05, 0) is 12.8 Å². The highest BCUT2D eigenvalue weighted by Gasteiger charge is 2.27. The molecule has 12 heavy (non-hydrogen) atoms. The molecule has 0 unspecified atom stereocenters. The molecule has 1 rings (SSSR count). The molecule has 0 saturated heterocycles. The predicted octanol–water partition coefficient (Wildman–Crippen LogP) is 1.43. The zero-order chi connectivity index (χ0) is 9.14. The maximum atomic E-state index is 11.3. The van der Waals surface area contributed by atoms with Gasteiger partial charge in [0.25, 0.3) is 5.70 Å². The lowest BCUT2D eigenvalue weighted by atomic mass is 10.3. The Kier molecular flexibility index (Phi) is 2.97. The average molecular weight is 189 g/mol. The summed E-state index contributed by atoms with van der Waals surface area (Å²) in [6, 6.07) is 0. The van der Waals surface area contributed by atoms with E-state index in [0.717, 1.165) is 6.42 Å². The topological polar surface area (TPSA) is 60.2 Å². The molecule has 0 spiro atoms. The Hall–Kier alpha value is -0.710. The molecule has 0 saturated carbocycles. The largest absolute Gasteiger partial charge is 0.259 e. The van der Waals surface area contributed by atoms with E-state index in [1.165, 1.54) is 0 Å². The summed E-state index contributed by atoms with van der Waals surface area (Å²) < 4.78 is 11.3. The van der Waals surface area contributed by atoms with Crippen molar-refractivity contribution >= 4 is 10.8 Å². The monoisotopic (exact) mass is 189 g/mol. The minimum Gasteiger partial charge on any atom is -0.259 e. The van der Waals surface area contributed by atoms with E-state index in [9.17, 15) is 14.3 Å². The van der Waals surface area contributed by atoms with E-state index in [1.807, 2.05) is 0 Å². The standard InChI is InChI=1S/C7H11NO3S/c1-2-12(11)7-5-3-4-6(7)8(9)10/h2-5H2,1H3/t12-/m0/s1. The smallest absolute Gasteiger partial charge is 0.258 e. The van der Waals surface area contributed by atoms with Gasteiger partial charge >= 0.3 is 0 Å². The summed E-state index contributed by atoms with van der Waals surface area (Å²) in [6.45, 7) is 1.78. The molecule has 0 aliphatic heterocycles. The van der Waals surface area contributed by atoms with E-state index in [-0.39, 0.29) is 5.70 Å². The lowest BCUT2D eigenvalue weighted by Crippen LogP contribution is -2.03. The van der Waals surface area contributed by atoms with Crippen molar-refractivity contribution in [1.29, 1.82) is 0 Å². The lowest BCUT2D eigenvalue weighted by molar-refractivity contribution is -0.427. The molecule has 0 fully saturated rings. The van der Waals surface area contributed by atoms with Crippen LogP contribution in [0.15, 0.2) is 10.6 Å². The van der Waals surface area contributed by atoms with Crippen LogP contribution in [-0.2, 0) is 10.8 Å². The summed E-state index contributed by atoms with van der Waals surface area (Å²) in [5, 5.41) is 10.4. The Labute approximate surface area is 73.3 Å². The van der Waals surface area contributed by atoms with Crippen LogP contribution in [0.3, 0.4) is 0 Å². The molecule has 5 heteroatoms. The van der Waals surface area contributed by atoms with Crippen LogP contribution in [0.4, 0.5) is 0 Å². The molecule has 1 atom stereocenters. The minimum absolute atomic E-state index is 0.190. The highest BCUT2D eigenvalue weighted by molar-refractivity contribution is 7.88. The van der Waals surface area contributed by atoms with Crippen LogP contribution in [0, 0.1) is 10.1 Å². The Morgan fingerprint density at radius 1 is 1.58 bits per heavy atom. The van der Waals surface area contributed by atoms with E-state index in [1.54, 1.807) is 6.92 Å². The Morgan fingerprint density at radius 3 is 2.75 bits per heavy atom. The van der Waals surface area contributed by atoms with Gasteiger partial charge in [0.15, 0.2) is 0 Å². The first-order chi connectivity index (χ1) is 5.66. The summed E-state index contributed by atoms with van der Waals surface area (Å²) in [7, 11) is -1.12. The van der Waals surface area contributed by atoms with Crippen LogP contribution in [0.25, 0.3) is 0 Å². The highest BCUT2D eigenvalue weighted by Crippen LogP contribution is 2.28. The molecular formula is C7H11NO3S. The summed E-state index contributed by atoms with van der Waals surface area (Å²) in [4.78, 5) is 10.6. The first kappa shape index (κ1) is 9.38. The quantitative estimate of drug-likeness (QED) is 0.498. The fraction of sp³-hybridized carbons (Fsp3) is 0.714. The molecular weight excluding hydrogens is 178 g/mol. The van der Waals surface area contributed by atoms with E-state index in [2.05, 4.69) is 0 Å². The summed E-state index contributed by atoms with van der Waals surface area (Å²) in [5.74, 6) is 0.479. The second kappa shape index (κ2) is 3.80. The van der Waals surface area contributed by atoms with Crippen molar-refractivity contribution < 1.29 is 9.13 Å². The molecule has 0 aromatic carbocycles.